The minimum Gasteiger partial charge on any atom is -0.494 e. The topological polar surface area (TPSA) is 87.2 Å². The zero-order valence-electron chi connectivity index (χ0n) is 18.1. The number of amides is 4. The number of carbonyl (C=O) groups is 4. The molecule has 1 atom stereocenters. The summed E-state index contributed by atoms with van der Waals surface area (Å²) >= 11 is 0. The molecule has 32 heavy (non-hydrogen) atoms. The Kier molecular flexibility index (Phi) is 5.94. The van der Waals surface area contributed by atoms with E-state index < -0.39 is 17.9 Å². The number of benzene rings is 2. The van der Waals surface area contributed by atoms with Crippen LogP contribution >= 0.6 is 0 Å². The van der Waals surface area contributed by atoms with Gasteiger partial charge in [0.25, 0.3) is 17.7 Å². The number of ether oxygens (including phenoxy) is 1. The molecule has 4 rings (SSSR count). The predicted octanol–water partition coefficient (Wildman–Crippen LogP) is 2.05. The lowest BCUT2D eigenvalue weighted by molar-refractivity contribution is -0.136. The first-order valence-electron chi connectivity index (χ1n) is 10.7. The van der Waals surface area contributed by atoms with Crippen LogP contribution in [0.2, 0.25) is 0 Å². The second kappa shape index (κ2) is 8.82. The molecular formula is C24H25N3O5. The zero-order valence-corrected chi connectivity index (χ0v) is 18.1. The smallest absolute Gasteiger partial charge is 0.262 e. The Hall–Kier alpha value is -3.68. The molecule has 8 heteroatoms. The fourth-order valence-corrected chi connectivity index (χ4v) is 4.11. The van der Waals surface area contributed by atoms with Gasteiger partial charge in [0.15, 0.2) is 0 Å². The number of rotatable bonds is 5. The highest BCUT2D eigenvalue weighted by molar-refractivity contribution is 6.22. The Labute approximate surface area is 186 Å². The molecule has 2 aromatic rings. The third-order valence-electron chi connectivity index (χ3n) is 5.86. The Balaban J connectivity index is 1.37. The summed E-state index contributed by atoms with van der Waals surface area (Å²) in [5, 5.41) is 0. The number of carbonyl (C=O) groups excluding carboxylic acids is 4. The summed E-state index contributed by atoms with van der Waals surface area (Å²) in [7, 11) is 0. The molecule has 166 valence electrons. The van der Waals surface area contributed by atoms with Crippen LogP contribution in [0.15, 0.2) is 48.5 Å². The molecule has 0 N–H and O–H groups in total. The van der Waals surface area contributed by atoms with Gasteiger partial charge in [-0.25, -0.2) is 0 Å². The van der Waals surface area contributed by atoms with Crippen molar-refractivity contribution in [3.05, 3.63) is 65.2 Å². The minimum atomic E-state index is -0.907. The monoisotopic (exact) mass is 435 g/mol. The van der Waals surface area contributed by atoms with Crippen LogP contribution in [-0.4, -0.2) is 77.2 Å². The second-order valence-electron chi connectivity index (χ2n) is 7.78. The quantitative estimate of drug-likeness (QED) is 0.671. The van der Waals surface area contributed by atoms with E-state index in [9.17, 15) is 19.2 Å². The maximum atomic E-state index is 13.0. The number of piperazine rings is 1. The molecule has 0 aliphatic carbocycles. The largest absolute Gasteiger partial charge is 0.494 e. The highest BCUT2D eigenvalue weighted by Gasteiger charge is 2.42. The van der Waals surface area contributed by atoms with Crippen molar-refractivity contribution in [2.24, 2.45) is 0 Å². The van der Waals surface area contributed by atoms with Crippen LogP contribution in [-0.2, 0) is 4.79 Å². The van der Waals surface area contributed by atoms with Gasteiger partial charge in [-0.3, -0.25) is 24.1 Å². The molecule has 2 aliphatic heterocycles. The van der Waals surface area contributed by atoms with E-state index in [1.54, 1.807) is 65.3 Å². The first-order chi connectivity index (χ1) is 15.4. The average molecular weight is 435 g/mol. The summed E-state index contributed by atoms with van der Waals surface area (Å²) in [6, 6.07) is 12.7. The normalized spacial score (nSPS) is 16.8. The Morgan fingerprint density at radius 3 is 1.94 bits per heavy atom. The van der Waals surface area contributed by atoms with Crippen molar-refractivity contribution in [2.75, 3.05) is 32.8 Å². The van der Waals surface area contributed by atoms with E-state index in [1.165, 1.54) is 0 Å². The van der Waals surface area contributed by atoms with Crippen LogP contribution in [0, 0.1) is 0 Å². The van der Waals surface area contributed by atoms with Gasteiger partial charge >= 0.3 is 0 Å². The first kappa shape index (κ1) is 21.5. The zero-order chi connectivity index (χ0) is 22.8. The maximum Gasteiger partial charge on any atom is 0.262 e. The molecule has 2 heterocycles. The molecule has 4 amide bonds. The van der Waals surface area contributed by atoms with Crippen molar-refractivity contribution in [1.82, 2.24) is 14.7 Å². The first-order valence-corrected chi connectivity index (χ1v) is 10.7. The average Bonchev–Trinajstić information content (AvgIpc) is 3.08. The van der Waals surface area contributed by atoms with Gasteiger partial charge in [0.2, 0.25) is 5.91 Å². The van der Waals surface area contributed by atoms with E-state index in [1.807, 2.05) is 6.92 Å². The van der Waals surface area contributed by atoms with Crippen molar-refractivity contribution in [3.8, 4) is 5.75 Å². The van der Waals surface area contributed by atoms with Gasteiger partial charge in [0, 0.05) is 31.7 Å². The summed E-state index contributed by atoms with van der Waals surface area (Å²) in [5.41, 5.74) is 1.21. The lowest BCUT2D eigenvalue weighted by atomic mass is 10.1. The van der Waals surface area contributed by atoms with Crippen LogP contribution in [0.1, 0.15) is 44.9 Å². The van der Waals surface area contributed by atoms with Gasteiger partial charge in [-0.2, -0.15) is 0 Å². The van der Waals surface area contributed by atoms with Gasteiger partial charge in [-0.15, -0.1) is 0 Å². The summed E-state index contributed by atoms with van der Waals surface area (Å²) in [6.45, 7) is 5.47. The molecule has 1 saturated heterocycles. The highest BCUT2D eigenvalue weighted by atomic mass is 16.5. The van der Waals surface area contributed by atoms with Crippen molar-refractivity contribution in [1.29, 1.82) is 0 Å². The molecule has 2 aromatic carbocycles. The third-order valence-corrected chi connectivity index (χ3v) is 5.86. The summed E-state index contributed by atoms with van der Waals surface area (Å²) < 4.78 is 5.41. The van der Waals surface area contributed by atoms with E-state index in [0.29, 0.717) is 55.2 Å². The molecule has 0 bridgehead atoms. The van der Waals surface area contributed by atoms with E-state index in [4.69, 9.17) is 4.74 Å². The van der Waals surface area contributed by atoms with Gasteiger partial charge < -0.3 is 14.5 Å². The van der Waals surface area contributed by atoms with Crippen LogP contribution in [0.25, 0.3) is 0 Å². The Morgan fingerprint density at radius 2 is 1.41 bits per heavy atom. The number of hydrogen-bond acceptors (Lipinski definition) is 5. The van der Waals surface area contributed by atoms with Crippen molar-refractivity contribution in [3.63, 3.8) is 0 Å². The fraction of sp³-hybridized carbons (Fsp3) is 0.333. The van der Waals surface area contributed by atoms with Crippen LogP contribution in [0.5, 0.6) is 5.75 Å². The van der Waals surface area contributed by atoms with E-state index in [-0.39, 0.29) is 11.8 Å². The predicted molar refractivity (Wildman–Crippen MR) is 116 cm³/mol. The van der Waals surface area contributed by atoms with Crippen molar-refractivity contribution in [2.45, 2.75) is 19.9 Å². The Bertz CT molecular complexity index is 1020. The standard InChI is InChI=1S/C24H25N3O5/c1-3-32-18-10-8-17(9-11-18)22(29)26-14-12-25(13-15-26)21(28)16(2)27-23(30)19-6-4-5-7-20(19)24(27)31/h4-11,16H,3,12-15H2,1-2H3. The molecule has 2 aliphatic rings. The number of fused-ring (bicyclic) bond motifs is 1. The maximum absolute atomic E-state index is 13.0. The number of imide groups is 1. The molecule has 0 spiro atoms. The van der Waals surface area contributed by atoms with Crippen LogP contribution in [0.4, 0.5) is 0 Å². The minimum absolute atomic E-state index is 0.103. The lowest BCUT2D eigenvalue weighted by Crippen LogP contribution is -2.56. The lowest BCUT2D eigenvalue weighted by Gasteiger charge is -2.37. The molecule has 0 radical (unpaired) electrons. The van der Waals surface area contributed by atoms with E-state index in [0.717, 1.165) is 4.90 Å². The van der Waals surface area contributed by atoms with E-state index >= 15 is 0 Å². The second-order valence-corrected chi connectivity index (χ2v) is 7.78. The summed E-state index contributed by atoms with van der Waals surface area (Å²) in [5.74, 6) is -0.589. The SMILES string of the molecule is CCOc1ccc(C(=O)N2CCN(C(=O)C(C)N3C(=O)c4ccccc4C3=O)CC2)cc1. The summed E-state index contributed by atoms with van der Waals surface area (Å²) in [4.78, 5) is 55.5. The van der Waals surface area contributed by atoms with Gasteiger partial charge in [-0.05, 0) is 50.2 Å². The Morgan fingerprint density at radius 1 is 0.875 bits per heavy atom. The molecule has 0 aromatic heterocycles. The van der Waals surface area contributed by atoms with Crippen molar-refractivity contribution >= 4 is 23.6 Å². The molecule has 0 saturated carbocycles. The molecule has 1 unspecified atom stereocenters. The van der Waals surface area contributed by atoms with Crippen LogP contribution < -0.4 is 4.74 Å². The van der Waals surface area contributed by atoms with Gasteiger partial charge in [0.1, 0.15) is 11.8 Å². The molecular weight excluding hydrogens is 410 g/mol. The van der Waals surface area contributed by atoms with Crippen LogP contribution in [0.3, 0.4) is 0 Å². The third kappa shape index (κ3) is 3.84. The highest BCUT2D eigenvalue weighted by Crippen LogP contribution is 2.25. The fourth-order valence-electron chi connectivity index (χ4n) is 4.11. The summed E-state index contributed by atoms with van der Waals surface area (Å²) in [6.07, 6.45) is 0. The molecule has 8 nitrogen and oxygen atoms in total. The van der Waals surface area contributed by atoms with Crippen molar-refractivity contribution < 1.29 is 23.9 Å². The number of nitrogens with zero attached hydrogens (tertiary/aromatic N) is 3. The number of hydrogen-bond donors (Lipinski definition) is 0. The van der Waals surface area contributed by atoms with Gasteiger partial charge in [0.05, 0.1) is 17.7 Å². The molecule has 1 fully saturated rings. The van der Waals surface area contributed by atoms with Gasteiger partial charge in [-0.1, -0.05) is 12.1 Å². The van der Waals surface area contributed by atoms with E-state index in [2.05, 4.69) is 0 Å².